The maximum absolute atomic E-state index is 12.4. The summed E-state index contributed by atoms with van der Waals surface area (Å²) in [6.07, 6.45) is 4.99. The highest BCUT2D eigenvalue weighted by Gasteiger charge is 2.19. The molecule has 0 saturated carbocycles. The standard InChI is InChI=1S/C20H17N3O3S2/c24-20(22-21-14-6-10-16-8-2-1-3-9-16)17-11-4-5-12-18(17)23-28(25,26)19-13-7-15-27-19/h1-15,23H,(H,22,24). The van der Waals surface area contributed by atoms with E-state index in [1.807, 2.05) is 36.4 Å². The number of nitrogens with zero attached hydrogens (tertiary/aromatic N) is 1. The van der Waals surface area contributed by atoms with Crippen LogP contribution in [-0.4, -0.2) is 20.5 Å². The molecule has 0 spiro atoms. The Balaban J connectivity index is 1.67. The van der Waals surface area contributed by atoms with Crippen LogP contribution in [0.25, 0.3) is 6.08 Å². The molecule has 142 valence electrons. The van der Waals surface area contributed by atoms with Crippen molar-refractivity contribution in [3.63, 3.8) is 0 Å². The predicted molar refractivity (Wildman–Crippen MR) is 113 cm³/mol. The number of sulfonamides is 1. The van der Waals surface area contributed by atoms with Gasteiger partial charge in [0.1, 0.15) is 4.21 Å². The summed E-state index contributed by atoms with van der Waals surface area (Å²) in [4.78, 5) is 12.4. The van der Waals surface area contributed by atoms with Crippen molar-refractivity contribution in [2.75, 3.05) is 4.72 Å². The minimum Gasteiger partial charge on any atom is -0.278 e. The number of allylic oxidation sites excluding steroid dienone is 1. The van der Waals surface area contributed by atoms with Gasteiger partial charge >= 0.3 is 0 Å². The second kappa shape index (κ2) is 9.12. The molecule has 0 aliphatic carbocycles. The molecular weight excluding hydrogens is 394 g/mol. The molecule has 0 aliphatic rings. The van der Waals surface area contributed by atoms with E-state index in [1.165, 1.54) is 24.4 Å². The summed E-state index contributed by atoms with van der Waals surface area (Å²) < 4.78 is 27.4. The van der Waals surface area contributed by atoms with Crippen LogP contribution in [0.1, 0.15) is 15.9 Å². The van der Waals surface area contributed by atoms with E-state index in [9.17, 15) is 13.2 Å². The van der Waals surface area contributed by atoms with Gasteiger partial charge in [0.15, 0.2) is 0 Å². The van der Waals surface area contributed by atoms with Gasteiger partial charge in [0.05, 0.1) is 11.3 Å². The van der Waals surface area contributed by atoms with Crippen molar-refractivity contribution in [2.45, 2.75) is 4.21 Å². The first-order valence-corrected chi connectivity index (χ1v) is 10.6. The zero-order valence-corrected chi connectivity index (χ0v) is 16.3. The first-order valence-electron chi connectivity index (χ1n) is 8.27. The monoisotopic (exact) mass is 411 g/mol. The van der Waals surface area contributed by atoms with Crippen LogP contribution in [0.15, 0.2) is 87.5 Å². The first-order chi connectivity index (χ1) is 13.6. The number of anilines is 1. The number of thiophene rings is 1. The minimum atomic E-state index is -3.75. The maximum Gasteiger partial charge on any atom is 0.273 e. The zero-order valence-electron chi connectivity index (χ0n) is 14.6. The summed E-state index contributed by atoms with van der Waals surface area (Å²) in [5, 5.41) is 5.54. The van der Waals surface area contributed by atoms with Crippen LogP contribution in [0.5, 0.6) is 0 Å². The van der Waals surface area contributed by atoms with E-state index in [0.29, 0.717) is 0 Å². The van der Waals surface area contributed by atoms with E-state index >= 15 is 0 Å². The smallest absolute Gasteiger partial charge is 0.273 e. The highest BCUT2D eigenvalue weighted by molar-refractivity contribution is 7.94. The fraction of sp³-hybridized carbons (Fsp3) is 0. The highest BCUT2D eigenvalue weighted by Crippen LogP contribution is 2.22. The lowest BCUT2D eigenvalue weighted by molar-refractivity contribution is 0.0956. The van der Waals surface area contributed by atoms with Crippen LogP contribution in [0.3, 0.4) is 0 Å². The number of nitrogens with one attached hydrogen (secondary N) is 2. The molecule has 1 heterocycles. The number of rotatable bonds is 7. The number of carbonyl (C=O) groups is 1. The zero-order chi connectivity index (χ0) is 19.8. The van der Waals surface area contributed by atoms with E-state index in [1.54, 1.807) is 29.7 Å². The van der Waals surface area contributed by atoms with Gasteiger partial charge in [-0.15, -0.1) is 11.3 Å². The summed E-state index contributed by atoms with van der Waals surface area (Å²) in [7, 11) is -3.75. The van der Waals surface area contributed by atoms with Crippen molar-refractivity contribution in [2.24, 2.45) is 5.10 Å². The molecule has 0 bridgehead atoms. The molecule has 0 aliphatic heterocycles. The Kier molecular flexibility index (Phi) is 6.36. The van der Waals surface area contributed by atoms with Gasteiger partial charge in [0, 0.05) is 6.21 Å². The Hall–Kier alpha value is -3.23. The van der Waals surface area contributed by atoms with Crippen LogP contribution in [0, 0.1) is 0 Å². The van der Waals surface area contributed by atoms with Gasteiger partial charge in [0.2, 0.25) is 0 Å². The number of hydrogen-bond donors (Lipinski definition) is 2. The van der Waals surface area contributed by atoms with Crippen molar-refractivity contribution in [1.82, 2.24) is 5.43 Å². The van der Waals surface area contributed by atoms with E-state index in [2.05, 4.69) is 15.2 Å². The average Bonchev–Trinajstić information content (AvgIpc) is 3.24. The molecule has 0 fully saturated rings. The molecule has 1 amide bonds. The third-order valence-corrected chi connectivity index (χ3v) is 6.35. The largest absolute Gasteiger partial charge is 0.278 e. The number of carbonyl (C=O) groups excluding carboxylic acids is 1. The third kappa shape index (κ3) is 5.15. The highest BCUT2D eigenvalue weighted by atomic mass is 32.2. The van der Waals surface area contributed by atoms with Crippen molar-refractivity contribution in [3.8, 4) is 0 Å². The van der Waals surface area contributed by atoms with Gasteiger partial charge in [-0.25, -0.2) is 13.8 Å². The second-order valence-corrected chi connectivity index (χ2v) is 8.43. The SMILES string of the molecule is O=C(NN=CC=Cc1ccccc1)c1ccccc1NS(=O)(=O)c1cccs1. The Bertz CT molecular complexity index is 1090. The summed E-state index contributed by atoms with van der Waals surface area (Å²) in [6, 6.07) is 19.2. The Morgan fingerprint density at radius 1 is 0.964 bits per heavy atom. The van der Waals surface area contributed by atoms with Gasteiger partial charge in [-0.3, -0.25) is 9.52 Å². The number of benzene rings is 2. The average molecular weight is 412 g/mol. The number of amides is 1. The van der Waals surface area contributed by atoms with Crippen LogP contribution >= 0.6 is 11.3 Å². The topological polar surface area (TPSA) is 87.6 Å². The summed E-state index contributed by atoms with van der Waals surface area (Å²) in [5.74, 6) is -0.520. The first kappa shape index (κ1) is 19.5. The molecule has 2 N–H and O–H groups in total. The predicted octanol–water partition coefficient (Wildman–Crippen LogP) is 3.98. The van der Waals surface area contributed by atoms with E-state index < -0.39 is 15.9 Å². The van der Waals surface area contributed by atoms with Crippen LogP contribution < -0.4 is 10.1 Å². The van der Waals surface area contributed by atoms with E-state index in [0.717, 1.165) is 16.9 Å². The van der Waals surface area contributed by atoms with E-state index in [4.69, 9.17) is 0 Å². The molecule has 8 heteroatoms. The van der Waals surface area contributed by atoms with Crippen molar-refractivity contribution in [3.05, 3.63) is 89.3 Å². The molecule has 2 aromatic carbocycles. The van der Waals surface area contributed by atoms with E-state index in [-0.39, 0.29) is 15.5 Å². The molecule has 6 nitrogen and oxygen atoms in total. The van der Waals surface area contributed by atoms with Gasteiger partial charge in [-0.2, -0.15) is 5.10 Å². The Labute approximate surface area is 167 Å². The van der Waals surface area contributed by atoms with Gasteiger partial charge < -0.3 is 0 Å². The summed E-state index contributed by atoms with van der Waals surface area (Å²) in [5.41, 5.74) is 3.76. The van der Waals surface area contributed by atoms with Crippen molar-refractivity contribution >= 4 is 45.2 Å². The van der Waals surface area contributed by atoms with Gasteiger partial charge in [0.25, 0.3) is 15.9 Å². The Morgan fingerprint density at radius 2 is 1.71 bits per heavy atom. The quantitative estimate of drug-likeness (QED) is 0.455. The molecule has 3 aromatic rings. The molecule has 0 saturated heterocycles. The molecule has 0 atom stereocenters. The molecule has 28 heavy (non-hydrogen) atoms. The number of hydrogen-bond acceptors (Lipinski definition) is 5. The van der Waals surface area contributed by atoms with Crippen LogP contribution in [-0.2, 0) is 10.0 Å². The molecule has 1 aromatic heterocycles. The third-order valence-electron chi connectivity index (χ3n) is 3.59. The maximum atomic E-state index is 12.4. The second-order valence-electron chi connectivity index (χ2n) is 5.57. The van der Waals surface area contributed by atoms with Crippen LogP contribution in [0.2, 0.25) is 0 Å². The van der Waals surface area contributed by atoms with Crippen molar-refractivity contribution < 1.29 is 13.2 Å². The number of para-hydroxylation sites is 1. The lowest BCUT2D eigenvalue weighted by atomic mass is 10.2. The molecule has 0 unspecified atom stereocenters. The Morgan fingerprint density at radius 3 is 2.46 bits per heavy atom. The molecular formula is C20H17N3O3S2. The normalized spacial score (nSPS) is 11.7. The van der Waals surface area contributed by atoms with Gasteiger partial charge in [-0.1, -0.05) is 54.6 Å². The van der Waals surface area contributed by atoms with Crippen molar-refractivity contribution in [1.29, 1.82) is 0 Å². The number of hydrazone groups is 1. The van der Waals surface area contributed by atoms with Crippen LogP contribution in [0.4, 0.5) is 5.69 Å². The van der Waals surface area contributed by atoms with Gasteiger partial charge in [-0.05, 0) is 35.2 Å². The summed E-state index contributed by atoms with van der Waals surface area (Å²) in [6.45, 7) is 0. The molecule has 3 rings (SSSR count). The lowest BCUT2D eigenvalue weighted by Gasteiger charge is -2.10. The fourth-order valence-corrected chi connectivity index (χ4v) is 4.37. The minimum absolute atomic E-state index is 0.173. The fourth-order valence-electron chi connectivity index (χ4n) is 2.30. The molecule has 0 radical (unpaired) electrons. The summed E-state index contributed by atoms with van der Waals surface area (Å²) >= 11 is 1.10. The lowest BCUT2D eigenvalue weighted by Crippen LogP contribution is -2.21.